The van der Waals surface area contributed by atoms with Gasteiger partial charge in [0.05, 0.1) is 0 Å². The molecule has 0 spiro atoms. The minimum Gasteiger partial charge on any atom is -0.361 e. The van der Waals surface area contributed by atoms with Gasteiger partial charge < -0.3 is 4.74 Å². The highest BCUT2D eigenvalue weighted by Gasteiger charge is 2.02. The van der Waals surface area contributed by atoms with E-state index >= 15 is 0 Å². The number of aromatic nitrogens is 2. The van der Waals surface area contributed by atoms with Crippen molar-refractivity contribution in [3.8, 4) is 0 Å². The molecule has 0 atom stereocenters. The largest absolute Gasteiger partial charge is 0.361 e. The summed E-state index contributed by atoms with van der Waals surface area (Å²) in [4.78, 5) is 15.3. The van der Waals surface area contributed by atoms with Gasteiger partial charge in [0.25, 0.3) is 5.56 Å². The van der Waals surface area contributed by atoms with E-state index in [1.165, 1.54) is 10.6 Å². The van der Waals surface area contributed by atoms with Crippen molar-refractivity contribution in [1.82, 2.24) is 9.55 Å². The number of hydrogen-bond acceptors (Lipinski definition) is 3. The maximum Gasteiger partial charge on any atom is 0.256 e. The van der Waals surface area contributed by atoms with Gasteiger partial charge in [-0.1, -0.05) is 11.6 Å². The Hall–Kier alpha value is -0.870. The summed E-state index contributed by atoms with van der Waals surface area (Å²) in [5.41, 5.74) is -0.189. The van der Waals surface area contributed by atoms with Crippen molar-refractivity contribution in [2.75, 3.05) is 6.61 Å². The maximum atomic E-state index is 11.3. The molecule has 0 saturated carbocycles. The summed E-state index contributed by atoms with van der Waals surface area (Å²) in [5, 5.41) is 0.218. The third kappa shape index (κ3) is 2.54. The van der Waals surface area contributed by atoms with Crippen LogP contribution in [0.5, 0.6) is 0 Å². The molecule has 1 heterocycles. The lowest BCUT2D eigenvalue weighted by atomic mass is 10.5. The fraction of sp³-hybridized carbons (Fsp3) is 0.500. The summed E-state index contributed by atoms with van der Waals surface area (Å²) in [6, 6.07) is 1.27. The minimum absolute atomic E-state index is 0.189. The predicted molar refractivity (Wildman–Crippen MR) is 49.9 cm³/mol. The molecule has 1 rings (SSSR count). The maximum absolute atomic E-state index is 11.3. The van der Waals surface area contributed by atoms with Crippen LogP contribution in [0.3, 0.4) is 0 Å². The molecular formula is C8H11ClN2O2. The second kappa shape index (κ2) is 4.39. The van der Waals surface area contributed by atoms with Crippen LogP contribution in [0.1, 0.15) is 12.7 Å². The predicted octanol–water partition coefficient (Wildman–Crippen LogP) is 1.20. The van der Waals surface area contributed by atoms with Gasteiger partial charge in [-0.2, -0.15) is 0 Å². The summed E-state index contributed by atoms with van der Waals surface area (Å²) >= 11 is 5.59. The lowest BCUT2D eigenvalue weighted by Gasteiger charge is -2.07. The van der Waals surface area contributed by atoms with Crippen LogP contribution >= 0.6 is 11.6 Å². The van der Waals surface area contributed by atoms with E-state index in [-0.39, 0.29) is 17.4 Å². The van der Waals surface area contributed by atoms with Gasteiger partial charge in [0.2, 0.25) is 0 Å². The van der Waals surface area contributed by atoms with Gasteiger partial charge in [0.15, 0.2) is 0 Å². The molecule has 5 heteroatoms. The first-order valence-corrected chi connectivity index (χ1v) is 4.34. The summed E-state index contributed by atoms with van der Waals surface area (Å²) in [7, 11) is 0. The Morgan fingerprint density at radius 2 is 2.38 bits per heavy atom. The fourth-order valence-electron chi connectivity index (χ4n) is 0.926. The third-order valence-electron chi connectivity index (χ3n) is 1.59. The van der Waals surface area contributed by atoms with Crippen LogP contribution in [0, 0.1) is 6.92 Å². The Morgan fingerprint density at radius 3 is 2.92 bits per heavy atom. The summed E-state index contributed by atoms with van der Waals surface area (Å²) < 4.78 is 6.53. The van der Waals surface area contributed by atoms with Gasteiger partial charge >= 0.3 is 0 Å². The highest BCUT2D eigenvalue weighted by Crippen LogP contribution is 2.00. The van der Waals surface area contributed by atoms with Crippen LogP contribution in [0.25, 0.3) is 0 Å². The molecule has 0 aliphatic rings. The van der Waals surface area contributed by atoms with Crippen LogP contribution in [0.2, 0.25) is 5.15 Å². The zero-order valence-corrected chi connectivity index (χ0v) is 8.34. The zero-order chi connectivity index (χ0) is 9.84. The van der Waals surface area contributed by atoms with Crippen LogP contribution < -0.4 is 5.56 Å². The van der Waals surface area contributed by atoms with Gasteiger partial charge in [-0.3, -0.25) is 9.36 Å². The van der Waals surface area contributed by atoms with Gasteiger partial charge in [0, 0.05) is 12.7 Å². The van der Waals surface area contributed by atoms with Crippen molar-refractivity contribution in [3.63, 3.8) is 0 Å². The molecule has 72 valence electrons. The van der Waals surface area contributed by atoms with E-state index in [1.807, 2.05) is 6.92 Å². The molecule has 0 N–H and O–H groups in total. The van der Waals surface area contributed by atoms with E-state index in [4.69, 9.17) is 16.3 Å². The van der Waals surface area contributed by atoms with Crippen LogP contribution in [-0.2, 0) is 11.5 Å². The van der Waals surface area contributed by atoms with Crippen molar-refractivity contribution in [2.24, 2.45) is 0 Å². The van der Waals surface area contributed by atoms with Gasteiger partial charge in [-0.05, 0) is 13.8 Å². The lowest BCUT2D eigenvalue weighted by molar-refractivity contribution is 0.0830. The topological polar surface area (TPSA) is 44.1 Å². The van der Waals surface area contributed by atoms with Crippen LogP contribution in [0.15, 0.2) is 10.9 Å². The minimum atomic E-state index is -0.189. The Balaban J connectivity index is 2.99. The Morgan fingerprint density at radius 1 is 1.69 bits per heavy atom. The van der Waals surface area contributed by atoms with Crippen LogP contribution in [0.4, 0.5) is 0 Å². The molecule has 4 nitrogen and oxygen atoms in total. The molecule has 1 aromatic rings. The molecule has 0 saturated heterocycles. The molecule has 0 radical (unpaired) electrons. The molecule has 13 heavy (non-hydrogen) atoms. The second-order valence-electron chi connectivity index (χ2n) is 2.51. The summed E-state index contributed by atoms with van der Waals surface area (Å²) in [5.74, 6) is 0.561. The summed E-state index contributed by atoms with van der Waals surface area (Å²) in [6.07, 6.45) is 0. The average Bonchev–Trinajstić information content (AvgIpc) is 2.02. The molecule has 0 aliphatic heterocycles. The Kier molecular flexibility index (Phi) is 3.45. The number of halogens is 1. The van der Waals surface area contributed by atoms with Crippen molar-refractivity contribution < 1.29 is 4.74 Å². The van der Waals surface area contributed by atoms with Gasteiger partial charge in [-0.25, -0.2) is 4.98 Å². The molecule has 0 unspecified atom stereocenters. The molecule has 0 bridgehead atoms. The highest BCUT2D eigenvalue weighted by atomic mass is 35.5. The number of rotatable bonds is 3. The number of ether oxygens (including phenoxy) is 1. The van der Waals surface area contributed by atoms with E-state index in [2.05, 4.69) is 4.98 Å². The highest BCUT2D eigenvalue weighted by molar-refractivity contribution is 6.29. The zero-order valence-electron chi connectivity index (χ0n) is 7.58. The van der Waals surface area contributed by atoms with E-state index in [1.54, 1.807) is 6.92 Å². The van der Waals surface area contributed by atoms with E-state index in [0.717, 1.165) is 0 Å². The smallest absolute Gasteiger partial charge is 0.256 e. The Bertz CT molecular complexity index is 348. The van der Waals surface area contributed by atoms with E-state index < -0.39 is 0 Å². The third-order valence-corrected chi connectivity index (χ3v) is 1.79. The first-order valence-electron chi connectivity index (χ1n) is 3.97. The first-order chi connectivity index (χ1) is 6.15. The SMILES string of the molecule is CCOCn1c(C)nc(Cl)cc1=O. The standard InChI is InChI=1S/C8H11ClN2O2/c1-3-13-5-11-6(2)10-7(9)4-8(11)12/h4H,3,5H2,1-2H3. The molecular weight excluding hydrogens is 192 g/mol. The fourth-order valence-corrected chi connectivity index (χ4v) is 1.14. The Labute approximate surface area is 81.1 Å². The van der Waals surface area contributed by atoms with Crippen LogP contribution in [-0.4, -0.2) is 16.2 Å². The van der Waals surface area contributed by atoms with Gasteiger partial charge in [0.1, 0.15) is 17.7 Å². The van der Waals surface area contributed by atoms with E-state index in [9.17, 15) is 4.79 Å². The second-order valence-corrected chi connectivity index (χ2v) is 2.90. The monoisotopic (exact) mass is 202 g/mol. The molecule has 0 amide bonds. The summed E-state index contributed by atoms with van der Waals surface area (Å²) in [6.45, 7) is 4.37. The first kappa shape index (κ1) is 10.2. The van der Waals surface area contributed by atoms with Gasteiger partial charge in [-0.15, -0.1) is 0 Å². The van der Waals surface area contributed by atoms with Crippen molar-refractivity contribution in [1.29, 1.82) is 0 Å². The number of hydrogen-bond donors (Lipinski definition) is 0. The lowest BCUT2D eigenvalue weighted by Crippen LogP contribution is -2.24. The van der Waals surface area contributed by atoms with Crippen molar-refractivity contribution in [2.45, 2.75) is 20.6 Å². The number of nitrogens with zero attached hydrogens (tertiary/aromatic N) is 2. The quantitative estimate of drug-likeness (QED) is 0.692. The molecule has 0 fully saturated rings. The molecule has 0 aliphatic carbocycles. The molecule has 1 aromatic heterocycles. The van der Waals surface area contributed by atoms with Crippen molar-refractivity contribution >= 4 is 11.6 Å². The molecule has 0 aromatic carbocycles. The normalized spacial score (nSPS) is 10.4. The van der Waals surface area contributed by atoms with Crippen molar-refractivity contribution in [3.05, 3.63) is 27.4 Å². The van der Waals surface area contributed by atoms with E-state index in [0.29, 0.717) is 12.4 Å². The number of aryl methyl sites for hydroxylation is 1. The average molecular weight is 203 g/mol.